The molecule has 0 saturated heterocycles. The van der Waals surface area contributed by atoms with Crippen molar-refractivity contribution < 1.29 is 9.47 Å². The molecule has 0 fully saturated rings. The number of ether oxygens (including phenoxy) is 2. The second kappa shape index (κ2) is 7.38. The zero-order chi connectivity index (χ0) is 18.8. The van der Waals surface area contributed by atoms with E-state index < -0.39 is 0 Å². The van der Waals surface area contributed by atoms with Gasteiger partial charge in [-0.25, -0.2) is 9.97 Å². The third-order valence-electron chi connectivity index (χ3n) is 3.87. The average molecular weight is 404 g/mol. The summed E-state index contributed by atoms with van der Waals surface area (Å²) in [6.45, 7) is 1.06. The summed E-state index contributed by atoms with van der Waals surface area (Å²) in [4.78, 5) is 8.40. The summed E-state index contributed by atoms with van der Waals surface area (Å²) in [7, 11) is 0. The van der Waals surface area contributed by atoms with Gasteiger partial charge in [-0.1, -0.05) is 23.2 Å². The number of rotatable bonds is 4. The van der Waals surface area contributed by atoms with E-state index in [4.69, 9.17) is 38.4 Å². The standard InChI is InChI=1S/C18H15Cl2N5O2/c19-10-1-3-13(12(20)7-10)25-18-16(21)17(22-9-23-18)24-11-2-4-14-15(8-11)27-6-5-26-14/h1-4,7-9H,5-6,21H2,(H2,22,23,24,25). The van der Waals surface area contributed by atoms with E-state index in [1.165, 1.54) is 6.33 Å². The fraction of sp³-hybridized carbons (Fsp3) is 0.111. The molecule has 0 saturated carbocycles. The quantitative estimate of drug-likeness (QED) is 0.584. The van der Waals surface area contributed by atoms with Gasteiger partial charge in [0.2, 0.25) is 0 Å². The molecule has 3 aromatic rings. The van der Waals surface area contributed by atoms with Crippen LogP contribution < -0.4 is 25.8 Å². The Hall–Kier alpha value is -2.90. The lowest BCUT2D eigenvalue weighted by Crippen LogP contribution is -2.15. The maximum absolute atomic E-state index is 6.22. The summed E-state index contributed by atoms with van der Waals surface area (Å²) in [5.41, 5.74) is 7.97. The van der Waals surface area contributed by atoms with Crippen LogP contribution in [0, 0.1) is 0 Å². The lowest BCUT2D eigenvalue weighted by atomic mass is 10.2. The van der Waals surface area contributed by atoms with Crippen LogP contribution in [0.25, 0.3) is 0 Å². The van der Waals surface area contributed by atoms with Crippen molar-refractivity contribution in [1.82, 2.24) is 9.97 Å². The van der Waals surface area contributed by atoms with E-state index in [0.717, 1.165) is 5.69 Å². The summed E-state index contributed by atoms with van der Waals surface area (Å²) in [5.74, 6) is 2.26. The topological polar surface area (TPSA) is 94.3 Å². The molecule has 7 nitrogen and oxygen atoms in total. The Bertz CT molecular complexity index is 999. The zero-order valence-electron chi connectivity index (χ0n) is 14.0. The van der Waals surface area contributed by atoms with Gasteiger partial charge in [-0.15, -0.1) is 0 Å². The predicted octanol–water partition coefficient (Wildman–Crippen LogP) is 4.62. The maximum Gasteiger partial charge on any atom is 0.163 e. The van der Waals surface area contributed by atoms with Gasteiger partial charge in [0.1, 0.15) is 25.2 Å². The number of fused-ring (bicyclic) bond motifs is 1. The van der Waals surface area contributed by atoms with Crippen molar-refractivity contribution in [2.75, 3.05) is 29.6 Å². The highest BCUT2D eigenvalue weighted by Gasteiger charge is 2.14. The molecule has 4 N–H and O–H groups in total. The number of halogens is 2. The van der Waals surface area contributed by atoms with Crippen LogP contribution in [0.4, 0.5) is 28.7 Å². The molecule has 0 atom stereocenters. The number of aromatic nitrogens is 2. The molecular formula is C18H15Cl2N5O2. The van der Waals surface area contributed by atoms with Crippen LogP contribution in [0.2, 0.25) is 10.0 Å². The van der Waals surface area contributed by atoms with Gasteiger partial charge in [0.15, 0.2) is 23.1 Å². The Kier molecular flexibility index (Phi) is 4.79. The van der Waals surface area contributed by atoms with E-state index >= 15 is 0 Å². The van der Waals surface area contributed by atoms with Gasteiger partial charge in [-0.2, -0.15) is 0 Å². The third kappa shape index (κ3) is 3.79. The smallest absolute Gasteiger partial charge is 0.163 e. The first kappa shape index (κ1) is 17.5. The van der Waals surface area contributed by atoms with E-state index in [1.807, 2.05) is 18.2 Å². The normalized spacial score (nSPS) is 12.5. The van der Waals surface area contributed by atoms with Crippen LogP contribution >= 0.6 is 23.2 Å². The van der Waals surface area contributed by atoms with Crippen molar-refractivity contribution in [1.29, 1.82) is 0 Å². The minimum atomic E-state index is 0.346. The SMILES string of the molecule is Nc1c(Nc2ccc3c(c2)OCCO3)ncnc1Nc1ccc(Cl)cc1Cl. The molecule has 0 bridgehead atoms. The number of hydrogen-bond acceptors (Lipinski definition) is 7. The largest absolute Gasteiger partial charge is 0.486 e. The van der Waals surface area contributed by atoms with Gasteiger partial charge in [0.25, 0.3) is 0 Å². The molecule has 0 radical (unpaired) electrons. The van der Waals surface area contributed by atoms with Crippen molar-refractivity contribution in [2.24, 2.45) is 0 Å². The summed E-state index contributed by atoms with van der Waals surface area (Å²) in [6.07, 6.45) is 1.41. The number of nitrogens with two attached hydrogens (primary N) is 1. The number of nitrogens with one attached hydrogen (secondary N) is 2. The van der Waals surface area contributed by atoms with Crippen LogP contribution in [-0.4, -0.2) is 23.2 Å². The van der Waals surface area contributed by atoms with Crippen molar-refractivity contribution in [3.05, 3.63) is 52.8 Å². The monoisotopic (exact) mass is 403 g/mol. The first-order chi connectivity index (χ1) is 13.1. The van der Waals surface area contributed by atoms with E-state index in [1.54, 1.807) is 18.2 Å². The molecule has 9 heteroatoms. The average Bonchev–Trinajstić information content (AvgIpc) is 2.67. The first-order valence-electron chi connectivity index (χ1n) is 8.09. The fourth-order valence-corrected chi connectivity index (χ4v) is 3.03. The minimum Gasteiger partial charge on any atom is -0.486 e. The van der Waals surface area contributed by atoms with E-state index in [2.05, 4.69) is 20.6 Å². The highest BCUT2D eigenvalue weighted by molar-refractivity contribution is 6.36. The molecule has 1 aliphatic heterocycles. The maximum atomic E-state index is 6.22. The molecule has 2 heterocycles. The van der Waals surface area contributed by atoms with E-state index in [0.29, 0.717) is 57.8 Å². The molecular weight excluding hydrogens is 389 g/mol. The molecule has 0 unspecified atom stereocenters. The van der Waals surface area contributed by atoms with Gasteiger partial charge in [0, 0.05) is 16.8 Å². The number of anilines is 5. The Morgan fingerprint density at radius 2 is 1.63 bits per heavy atom. The second-order valence-electron chi connectivity index (χ2n) is 5.72. The molecule has 0 spiro atoms. The summed E-state index contributed by atoms with van der Waals surface area (Å²) in [5, 5.41) is 7.26. The Balaban J connectivity index is 1.58. The van der Waals surface area contributed by atoms with Gasteiger partial charge in [0.05, 0.1) is 10.7 Å². The van der Waals surface area contributed by atoms with Crippen molar-refractivity contribution in [2.45, 2.75) is 0 Å². The molecule has 27 heavy (non-hydrogen) atoms. The molecule has 4 rings (SSSR count). The number of hydrogen-bond donors (Lipinski definition) is 3. The second-order valence-corrected chi connectivity index (χ2v) is 6.56. The Morgan fingerprint density at radius 1 is 0.889 bits per heavy atom. The van der Waals surface area contributed by atoms with E-state index in [9.17, 15) is 0 Å². The molecule has 2 aromatic carbocycles. The number of nitrogen functional groups attached to an aromatic ring is 1. The van der Waals surface area contributed by atoms with Crippen LogP contribution in [0.1, 0.15) is 0 Å². The third-order valence-corrected chi connectivity index (χ3v) is 4.42. The van der Waals surface area contributed by atoms with Gasteiger partial charge >= 0.3 is 0 Å². The molecule has 138 valence electrons. The molecule has 1 aromatic heterocycles. The zero-order valence-corrected chi connectivity index (χ0v) is 15.5. The summed E-state index contributed by atoms with van der Waals surface area (Å²) >= 11 is 12.1. The van der Waals surface area contributed by atoms with Crippen molar-refractivity contribution in [3.8, 4) is 11.5 Å². The lowest BCUT2D eigenvalue weighted by Gasteiger charge is -2.19. The van der Waals surface area contributed by atoms with Crippen molar-refractivity contribution in [3.63, 3.8) is 0 Å². The number of nitrogens with zero attached hydrogens (tertiary/aromatic N) is 2. The van der Waals surface area contributed by atoms with E-state index in [-0.39, 0.29) is 0 Å². The molecule has 0 amide bonds. The van der Waals surface area contributed by atoms with Crippen LogP contribution in [0.5, 0.6) is 11.5 Å². The van der Waals surface area contributed by atoms with Gasteiger partial charge in [-0.3, -0.25) is 0 Å². The highest BCUT2D eigenvalue weighted by atomic mass is 35.5. The van der Waals surface area contributed by atoms with Crippen molar-refractivity contribution >= 4 is 51.9 Å². The Labute approximate surface area is 165 Å². The molecule has 0 aliphatic carbocycles. The Morgan fingerprint density at radius 3 is 2.41 bits per heavy atom. The van der Waals surface area contributed by atoms with Crippen LogP contribution in [0.15, 0.2) is 42.7 Å². The van der Waals surface area contributed by atoms with Gasteiger partial charge < -0.3 is 25.8 Å². The first-order valence-corrected chi connectivity index (χ1v) is 8.85. The van der Waals surface area contributed by atoms with Crippen LogP contribution in [0.3, 0.4) is 0 Å². The predicted molar refractivity (Wildman–Crippen MR) is 107 cm³/mol. The molecule has 1 aliphatic rings. The summed E-state index contributed by atoms with van der Waals surface area (Å²) in [6, 6.07) is 10.6. The highest BCUT2D eigenvalue weighted by Crippen LogP contribution is 2.35. The summed E-state index contributed by atoms with van der Waals surface area (Å²) < 4.78 is 11.1. The lowest BCUT2D eigenvalue weighted by molar-refractivity contribution is 0.171. The fourth-order valence-electron chi connectivity index (χ4n) is 2.57. The number of benzene rings is 2. The van der Waals surface area contributed by atoms with Crippen LogP contribution in [-0.2, 0) is 0 Å². The minimum absolute atomic E-state index is 0.346. The van der Waals surface area contributed by atoms with Gasteiger partial charge in [-0.05, 0) is 30.3 Å².